The molecule has 0 saturated carbocycles. The van der Waals surface area contributed by atoms with Crippen LogP contribution in [0.15, 0.2) is 41.1 Å². The predicted octanol–water partition coefficient (Wildman–Crippen LogP) is 0.974. The van der Waals surface area contributed by atoms with E-state index in [0.29, 0.717) is 5.75 Å². The van der Waals surface area contributed by atoms with Crippen molar-refractivity contribution < 1.29 is 29.0 Å². The van der Waals surface area contributed by atoms with Crippen molar-refractivity contribution in [1.82, 2.24) is 10.2 Å². The number of nitrogens with zero attached hydrogens (tertiary/aromatic N) is 1. The first-order valence-corrected chi connectivity index (χ1v) is 8.94. The molecule has 2 atom stereocenters. The number of halogens is 1. The maximum absolute atomic E-state index is 12.6. The molecule has 3 rings (SSSR count). The number of fused-ring (bicyclic) bond motifs is 1. The summed E-state index contributed by atoms with van der Waals surface area (Å²) in [5.74, 6) is -1.87. The van der Waals surface area contributed by atoms with Gasteiger partial charge in [-0.15, -0.1) is 11.8 Å². The SMILES string of the molecule is CO[C@@]1(NC(=O)COc2ccccc2)C(=O)N2C(C(=O)O)=C(Cl)CSC21. The molecule has 8 nitrogen and oxygen atoms in total. The molecule has 138 valence electrons. The molecule has 0 spiro atoms. The summed E-state index contributed by atoms with van der Waals surface area (Å²) in [6.07, 6.45) is 0. The fourth-order valence-corrected chi connectivity index (χ4v) is 4.39. The summed E-state index contributed by atoms with van der Waals surface area (Å²) in [7, 11) is 1.27. The number of nitrogens with one attached hydrogen (secondary N) is 1. The number of hydrogen-bond acceptors (Lipinski definition) is 6. The van der Waals surface area contributed by atoms with Crippen LogP contribution in [0.4, 0.5) is 0 Å². The van der Waals surface area contributed by atoms with Crippen molar-refractivity contribution in [3.05, 3.63) is 41.1 Å². The first-order chi connectivity index (χ1) is 12.4. The van der Waals surface area contributed by atoms with E-state index >= 15 is 0 Å². The van der Waals surface area contributed by atoms with Crippen LogP contribution >= 0.6 is 23.4 Å². The lowest BCUT2D eigenvalue weighted by molar-refractivity contribution is -0.192. The summed E-state index contributed by atoms with van der Waals surface area (Å²) in [6.45, 7) is -0.317. The van der Waals surface area contributed by atoms with Crippen molar-refractivity contribution in [3.8, 4) is 5.75 Å². The number of amides is 2. The fraction of sp³-hybridized carbons (Fsp3) is 0.312. The van der Waals surface area contributed by atoms with Crippen LogP contribution < -0.4 is 10.1 Å². The van der Waals surface area contributed by atoms with Crippen LogP contribution in [0.2, 0.25) is 0 Å². The smallest absolute Gasteiger partial charge is 0.353 e. The molecule has 0 aromatic heterocycles. The Balaban J connectivity index is 1.71. The van der Waals surface area contributed by atoms with Crippen molar-refractivity contribution in [3.63, 3.8) is 0 Å². The van der Waals surface area contributed by atoms with Gasteiger partial charge in [0.05, 0.1) is 5.03 Å². The first kappa shape index (κ1) is 18.6. The van der Waals surface area contributed by atoms with Crippen LogP contribution in [-0.2, 0) is 19.1 Å². The molecule has 0 bridgehead atoms. The number of carboxylic acids is 1. The maximum atomic E-state index is 12.6. The Morgan fingerprint density at radius 2 is 2.12 bits per heavy atom. The summed E-state index contributed by atoms with van der Waals surface area (Å²) in [5.41, 5.74) is -1.94. The molecule has 1 fully saturated rings. The molecule has 1 aromatic carbocycles. The number of carboxylic acid groups (broad SMARTS) is 1. The molecule has 26 heavy (non-hydrogen) atoms. The van der Waals surface area contributed by atoms with E-state index in [4.69, 9.17) is 21.1 Å². The van der Waals surface area contributed by atoms with Gasteiger partial charge in [-0.3, -0.25) is 14.5 Å². The highest BCUT2D eigenvalue weighted by Gasteiger charge is 2.66. The van der Waals surface area contributed by atoms with Crippen molar-refractivity contribution in [2.45, 2.75) is 11.1 Å². The highest BCUT2D eigenvalue weighted by molar-refractivity contribution is 8.00. The molecule has 2 amide bonds. The summed E-state index contributed by atoms with van der Waals surface area (Å²) in [4.78, 5) is 37.2. The Labute approximate surface area is 158 Å². The summed E-state index contributed by atoms with van der Waals surface area (Å²) >= 11 is 7.14. The predicted molar refractivity (Wildman–Crippen MR) is 93.4 cm³/mol. The minimum atomic E-state index is -1.65. The van der Waals surface area contributed by atoms with Gasteiger partial charge < -0.3 is 19.9 Å². The monoisotopic (exact) mass is 398 g/mol. The molecule has 2 heterocycles. The lowest BCUT2D eigenvalue weighted by Crippen LogP contribution is -2.80. The van der Waals surface area contributed by atoms with Crippen molar-refractivity contribution in [2.24, 2.45) is 0 Å². The van der Waals surface area contributed by atoms with Crippen LogP contribution in [-0.4, -0.2) is 58.4 Å². The van der Waals surface area contributed by atoms with Crippen molar-refractivity contribution in [2.75, 3.05) is 19.5 Å². The quantitative estimate of drug-likeness (QED) is 0.543. The Bertz CT molecular complexity index is 786. The molecule has 0 aliphatic carbocycles. The van der Waals surface area contributed by atoms with Gasteiger partial charge >= 0.3 is 5.97 Å². The number of β-lactam (4-membered cyclic amide) rings is 1. The zero-order valence-electron chi connectivity index (χ0n) is 13.6. The topological polar surface area (TPSA) is 105 Å². The zero-order valence-corrected chi connectivity index (χ0v) is 15.2. The zero-order chi connectivity index (χ0) is 18.9. The number of thioether (sulfide) groups is 1. The molecular formula is C16H15ClN2O6S. The van der Waals surface area contributed by atoms with Crippen LogP contribution in [0.5, 0.6) is 5.75 Å². The second kappa shape index (κ2) is 7.18. The number of ether oxygens (including phenoxy) is 2. The van der Waals surface area contributed by atoms with Crippen LogP contribution in [0.1, 0.15) is 0 Å². The third kappa shape index (κ3) is 3.02. The molecule has 2 N–H and O–H groups in total. The van der Waals surface area contributed by atoms with E-state index in [2.05, 4.69) is 5.32 Å². The number of hydrogen-bond donors (Lipinski definition) is 2. The van der Waals surface area contributed by atoms with E-state index in [-0.39, 0.29) is 23.1 Å². The average Bonchev–Trinajstić information content (AvgIpc) is 2.64. The molecule has 10 heteroatoms. The first-order valence-electron chi connectivity index (χ1n) is 7.52. The number of aliphatic carboxylic acids is 1. The number of rotatable bonds is 6. The third-order valence-electron chi connectivity index (χ3n) is 3.95. The van der Waals surface area contributed by atoms with E-state index in [9.17, 15) is 19.5 Å². The van der Waals surface area contributed by atoms with Gasteiger partial charge in [0, 0.05) is 12.9 Å². The Morgan fingerprint density at radius 3 is 2.73 bits per heavy atom. The van der Waals surface area contributed by atoms with Gasteiger partial charge in [0.1, 0.15) is 16.8 Å². The van der Waals surface area contributed by atoms with Gasteiger partial charge in [-0.25, -0.2) is 4.79 Å². The maximum Gasteiger partial charge on any atom is 0.353 e. The highest BCUT2D eigenvalue weighted by atomic mass is 35.5. The highest BCUT2D eigenvalue weighted by Crippen LogP contribution is 2.47. The van der Waals surface area contributed by atoms with E-state index in [1.165, 1.54) is 18.9 Å². The molecular weight excluding hydrogens is 384 g/mol. The number of carbonyl (C=O) groups is 3. The molecule has 2 aliphatic heterocycles. The van der Waals surface area contributed by atoms with Crippen LogP contribution in [0.3, 0.4) is 0 Å². The van der Waals surface area contributed by atoms with E-state index in [1.54, 1.807) is 24.3 Å². The second-order valence-corrected chi connectivity index (χ2v) is 7.01. The number of para-hydroxylation sites is 1. The van der Waals surface area contributed by atoms with Crippen LogP contribution in [0.25, 0.3) is 0 Å². The largest absolute Gasteiger partial charge is 0.484 e. The standard InChI is InChI=1S/C16H15ClN2O6S/c1-24-16(18-11(20)7-25-9-5-3-2-4-6-9)14(23)19-12(13(21)22)10(17)8-26-15(16)19/h2-6,15H,7-8H2,1H3,(H,18,20)(H,21,22)/t15?,16-/m0/s1. The van der Waals surface area contributed by atoms with Gasteiger partial charge in [0.15, 0.2) is 6.61 Å². The van der Waals surface area contributed by atoms with Gasteiger partial charge in [0.2, 0.25) is 0 Å². The minimum absolute atomic E-state index is 0.0653. The average molecular weight is 399 g/mol. The number of methoxy groups -OCH3 is 1. The van der Waals surface area contributed by atoms with Gasteiger partial charge in [-0.05, 0) is 12.1 Å². The van der Waals surface area contributed by atoms with E-state index < -0.39 is 28.9 Å². The van der Waals surface area contributed by atoms with Gasteiger partial charge in [-0.1, -0.05) is 29.8 Å². The number of benzene rings is 1. The molecule has 0 radical (unpaired) electrons. The number of carbonyl (C=O) groups excluding carboxylic acids is 2. The lowest BCUT2D eigenvalue weighted by atomic mass is 9.99. The normalized spacial score (nSPS) is 24.6. The summed E-state index contributed by atoms with van der Waals surface area (Å²) in [6, 6.07) is 8.73. The fourth-order valence-electron chi connectivity index (χ4n) is 2.75. The Kier molecular flexibility index (Phi) is 5.12. The van der Waals surface area contributed by atoms with Gasteiger partial charge in [-0.2, -0.15) is 0 Å². The Hall–Kier alpha value is -2.23. The summed E-state index contributed by atoms with van der Waals surface area (Å²) < 4.78 is 10.6. The minimum Gasteiger partial charge on any atom is -0.484 e. The van der Waals surface area contributed by atoms with E-state index in [0.717, 1.165) is 4.90 Å². The van der Waals surface area contributed by atoms with Crippen molar-refractivity contribution in [1.29, 1.82) is 0 Å². The van der Waals surface area contributed by atoms with E-state index in [1.807, 2.05) is 6.07 Å². The van der Waals surface area contributed by atoms with Crippen LogP contribution in [0, 0.1) is 0 Å². The lowest BCUT2D eigenvalue weighted by Gasteiger charge is -2.55. The van der Waals surface area contributed by atoms with Crippen molar-refractivity contribution >= 4 is 41.1 Å². The Morgan fingerprint density at radius 1 is 1.42 bits per heavy atom. The summed E-state index contributed by atoms with van der Waals surface area (Å²) in [5, 5.41) is 11.1. The molecule has 1 saturated heterocycles. The molecule has 2 aliphatic rings. The molecule has 1 unspecified atom stereocenters. The second-order valence-electron chi connectivity index (χ2n) is 5.49. The third-order valence-corrected chi connectivity index (χ3v) is 5.73. The molecule has 1 aromatic rings. The van der Waals surface area contributed by atoms with Gasteiger partial charge in [0.25, 0.3) is 17.5 Å².